The number of aryl methyl sites for hydroxylation is 1. The minimum absolute atomic E-state index is 1.11. The van der Waals surface area contributed by atoms with Crippen LogP contribution in [-0.2, 0) is 6.42 Å². The zero-order valence-corrected chi connectivity index (χ0v) is 15.4. The zero-order valence-electron chi connectivity index (χ0n) is 15.4. The van der Waals surface area contributed by atoms with Gasteiger partial charge >= 0.3 is 0 Å². The summed E-state index contributed by atoms with van der Waals surface area (Å²) in [5.74, 6) is 1.14. The van der Waals surface area contributed by atoms with Gasteiger partial charge in [0.1, 0.15) is 5.82 Å². The summed E-state index contributed by atoms with van der Waals surface area (Å²) in [6, 6.07) is 0. The number of rotatable bonds is 16. The Morgan fingerprint density at radius 3 is 1.91 bits per heavy atom. The van der Waals surface area contributed by atoms with Gasteiger partial charge in [0.05, 0.1) is 0 Å². The Kier molecular flexibility index (Phi) is 13.8. The van der Waals surface area contributed by atoms with Crippen molar-refractivity contribution in [1.82, 2.24) is 9.97 Å². The van der Waals surface area contributed by atoms with E-state index in [0.717, 1.165) is 12.2 Å². The van der Waals surface area contributed by atoms with Crippen LogP contribution >= 0.6 is 0 Å². The molecule has 1 rings (SSSR count). The van der Waals surface area contributed by atoms with Gasteiger partial charge in [-0.2, -0.15) is 0 Å². The molecule has 0 saturated carbocycles. The van der Waals surface area contributed by atoms with Crippen molar-refractivity contribution in [3.63, 3.8) is 0 Å². The fraction of sp³-hybridized carbons (Fsp3) is 0.762. The zero-order chi connectivity index (χ0) is 16.4. The fourth-order valence-electron chi connectivity index (χ4n) is 2.97. The highest BCUT2D eigenvalue weighted by Gasteiger charge is 1.95. The summed E-state index contributed by atoms with van der Waals surface area (Å²) in [5.41, 5.74) is 0. The van der Waals surface area contributed by atoms with Crippen LogP contribution in [0.5, 0.6) is 0 Å². The SMILES string of the molecule is CCCCCCCCC=CCCCCCCCCc1ncc[nH]1. The lowest BCUT2D eigenvalue weighted by atomic mass is 10.1. The second kappa shape index (κ2) is 15.8. The predicted octanol–water partition coefficient (Wildman–Crippen LogP) is 6.99. The molecule has 0 aliphatic carbocycles. The lowest BCUT2D eigenvalue weighted by Crippen LogP contribution is -1.88. The minimum Gasteiger partial charge on any atom is -0.349 e. The molecule has 0 saturated heterocycles. The number of hydrogen-bond donors (Lipinski definition) is 1. The van der Waals surface area contributed by atoms with Crippen molar-refractivity contribution in [3.05, 3.63) is 30.4 Å². The van der Waals surface area contributed by atoms with Gasteiger partial charge in [-0.05, 0) is 32.1 Å². The van der Waals surface area contributed by atoms with Crippen molar-refractivity contribution in [2.24, 2.45) is 0 Å². The average molecular weight is 319 g/mol. The maximum absolute atomic E-state index is 4.26. The molecule has 0 spiro atoms. The van der Waals surface area contributed by atoms with E-state index in [0.29, 0.717) is 0 Å². The van der Waals surface area contributed by atoms with Crippen molar-refractivity contribution in [1.29, 1.82) is 0 Å². The molecule has 132 valence electrons. The highest BCUT2D eigenvalue weighted by atomic mass is 14.9. The van der Waals surface area contributed by atoms with Crippen molar-refractivity contribution < 1.29 is 0 Å². The van der Waals surface area contributed by atoms with Crippen molar-refractivity contribution in [2.75, 3.05) is 0 Å². The summed E-state index contributed by atoms with van der Waals surface area (Å²) in [6.45, 7) is 2.28. The van der Waals surface area contributed by atoms with Gasteiger partial charge in [-0.15, -0.1) is 0 Å². The number of aromatic nitrogens is 2. The standard InChI is InChI=1S/C21H38N2/c1-2-3-4-5-6-7-8-9-10-11-12-13-14-15-16-17-18-21-22-19-20-23-21/h9-10,19-20H,2-8,11-18H2,1H3,(H,22,23). The number of H-pyrrole nitrogens is 1. The van der Waals surface area contributed by atoms with Crippen LogP contribution in [0.1, 0.15) is 103 Å². The van der Waals surface area contributed by atoms with E-state index in [9.17, 15) is 0 Å². The van der Waals surface area contributed by atoms with Gasteiger partial charge in [0, 0.05) is 18.8 Å². The van der Waals surface area contributed by atoms with E-state index in [4.69, 9.17) is 0 Å². The molecule has 0 fully saturated rings. The lowest BCUT2D eigenvalue weighted by Gasteiger charge is -2.00. The van der Waals surface area contributed by atoms with Crippen molar-refractivity contribution >= 4 is 0 Å². The third-order valence-electron chi connectivity index (χ3n) is 4.48. The van der Waals surface area contributed by atoms with Gasteiger partial charge in [0.2, 0.25) is 0 Å². The van der Waals surface area contributed by atoms with Gasteiger partial charge in [-0.3, -0.25) is 0 Å². The molecule has 0 aromatic carbocycles. The Balaban J connectivity index is 1.73. The number of imidazole rings is 1. The topological polar surface area (TPSA) is 28.7 Å². The van der Waals surface area contributed by atoms with E-state index in [1.54, 1.807) is 0 Å². The third-order valence-corrected chi connectivity index (χ3v) is 4.48. The summed E-state index contributed by atoms with van der Waals surface area (Å²) in [7, 11) is 0. The summed E-state index contributed by atoms with van der Waals surface area (Å²) in [6.07, 6.45) is 28.8. The first-order valence-corrected chi connectivity index (χ1v) is 10.1. The van der Waals surface area contributed by atoms with Crippen LogP contribution in [0.25, 0.3) is 0 Å². The largest absolute Gasteiger partial charge is 0.349 e. The molecular formula is C21H38N2. The Morgan fingerprint density at radius 2 is 1.35 bits per heavy atom. The summed E-state index contributed by atoms with van der Waals surface area (Å²) >= 11 is 0. The second-order valence-corrected chi connectivity index (χ2v) is 6.72. The molecule has 2 heteroatoms. The smallest absolute Gasteiger partial charge is 0.105 e. The number of unbranched alkanes of at least 4 members (excludes halogenated alkanes) is 12. The molecule has 1 aromatic rings. The monoisotopic (exact) mass is 318 g/mol. The van der Waals surface area contributed by atoms with E-state index in [2.05, 4.69) is 29.0 Å². The molecule has 0 radical (unpaired) electrons. The number of hydrogen-bond acceptors (Lipinski definition) is 1. The molecule has 1 N–H and O–H groups in total. The van der Waals surface area contributed by atoms with E-state index >= 15 is 0 Å². The number of allylic oxidation sites excluding steroid dienone is 2. The van der Waals surface area contributed by atoms with Crippen LogP contribution in [0, 0.1) is 0 Å². The lowest BCUT2D eigenvalue weighted by molar-refractivity contribution is 0.591. The van der Waals surface area contributed by atoms with Crippen LogP contribution < -0.4 is 0 Å². The highest BCUT2D eigenvalue weighted by molar-refractivity contribution is 4.86. The maximum atomic E-state index is 4.26. The van der Waals surface area contributed by atoms with Gasteiger partial charge in [0.25, 0.3) is 0 Å². The summed E-state index contributed by atoms with van der Waals surface area (Å²) < 4.78 is 0. The highest BCUT2D eigenvalue weighted by Crippen LogP contribution is 2.10. The van der Waals surface area contributed by atoms with Crippen LogP contribution in [0.4, 0.5) is 0 Å². The van der Waals surface area contributed by atoms with E-state index in [1.165, 1.54) is 89.9 Å². The normalized spacial score (nSPS) is 11.5. The van der Waals surface area contributed by atoms with Gasteiger partial charge in [0.15, 0.2) is 0 Å². The maximum Gasteiger partial charge on any atom is 0.105 e. The first-order chi connectivity index (χ1) is 11.4. The number of nitrogens with zero attached hydrogens (tertiary/aromatic N) is 1. The minimum atomic E-state index is 1.11. The average Bonchev–Trinajstić information content (AvgIpc) is 3.08. The van der Waals surface area contributed by atoms with Gasteiger partial charge < -0.3 is 4.98 Å². The molecule has 0 unspecified atom stereocenters. The quantitative estimate of drug-likeness (QED) is 0.258. The molecule has 0 aliphatic rings. The first kappa shape index (κ1) is 20.0. The van der Waals surface area contributed by atoms with Crippen molar-refractivity contribution in [2.45, 2.75) is 103 Å². The van der Waals surface area contributed by atoms with E-state index < -0.39 is 0 Å². The van der Waals surface area contributed by atoms with E-state index in [1.807, 2.05) is 12.4 Å². The third kappa shape index (κ3) is 13.1. The predicted molar refractivity (Wildman–Crippen MR) is 102 cm³/mol. The molecule has 23 heavy (non-hydrogen) atoms. The Hall–Kier alpha value is -1.05. The molecule has 0 amide bonds. The molecule has 0 aliphatic heterocycles. The summed E-state index contributed by atoms with van der Waals surface area (Å²) in [5, 5.41) is 0. The number of nitrogens with one attached hydrogen (secondary N) is 1. The first-order valence-electron chi connectivity index (χ1n) is 10.1. The van der Waals surface area contributed by atoms with Gasteiger partial charge in [-0.25, -0.2) is 4.98 Å². The Morgan fingerprint density at radius 1 is 0.783 bits per heavy atom. The molecule has 0 atom stereocenters. The molecule has 1 heterocycles. The molecule has 1 aromatic heterocycles. The van der Waals surface area contributed by atoms with Gasteiger partial charge in [-0.1, -0.05) is 76.9 Å². The summed E-state index contributed by atoms with van der Waals surface area (Å²) in [4.78, 5) is 7.43. The molecule has 2 nitrogen and oxygen atoms in total. The molecule has 0 bridgehead atoms. The van der Waals surface area contributed by atoms with Crippen LogP contribution in [-0.4, -0.2) is 9.97 Å². The fourth-order valence-corrected chi connectivity index (χ4v) is 2.97. The molecular weight excluding hydrogens is 280 g/mol. The second-order valence-electron chi connectivity index (χ2n) is 6.72. The van der Waals surface area contributed by atoms with E-state index in [-0.39, 0.29) is 0 Å². The van der Waals surface area contributed by atoms with Crippen molar-refractivity contribution in [3.8, 4) is 0 Å². The van der Waals surface area contributed by atoms with Crippen LogP contribution in [0.15, 0.2) is 24.5 Å². The Labute approximate surface area is 144 Å². The Bertz CT molecular complexity index is 354. The number of aromatic amines is 1. The van der Waals surface area contributed by atoms with Crippen LogP contribution in [0.2, 0.25) is 0 Å². The van der Waals surface area contributed by atoms with Crippen LogP contribution in [0.3, 0.4) is 0 Å².